The summed E-state index contributed by atoms with van der Waals surface area (Å²) in [5.74, 6) is 0.519. The van der Waals surface area contributed by atoms with E-state index in [0.29, 0.717) is 19.0 Å². The second kappa shape index (κ2) is 8.11. The van der Waals surface area contributed by atoms with Crippen LogP contribution in [0.2, 0.25) is 0 Å². The fourth-order valence-corrected chi connectivity index (χ4v) is 3.10. The van der Waals surface area contributed by atoms with E-state index in [1.807, 2.05) is 27.7 Å². The van der Waals surface area contributed by atoms with Crippen LogP contribution in [0, 0.1) is 12.8 Å². The Hall–Kier alpha value is -1.14. The summed E-state index contributed by atoms with van der Waals surface area (Å²) in [6.07, 6.45) is 0.574. The lowest BCUT2D eigenvalue weighted by atomic mass is 9.90. The quantitative estimate of drug-likeness (QED) is 0.790. The molecule has 1 aromatic heterocycles. The third kappa shape index (κ3) is 8.32. The molecular weight excluding hydrogens is 310 g/mol. The number of aromatic nitrogens is 1. The molecule has 0 aromatic carbocycles. The van der Waals surface area contributed by atoms with Crippen molar-refractivity contribution in [1.29, 1.82) is 0 Å². The zero-order valence-electron chi connectivity index (χ0n) is 15.4. The fraction of sp³-hybridized carbons (Fsp3) is 0.765. The maximum absolute atomic E-state index is 11.9. The van der Waals surface area contributed by atoms with Gasteiger partial charge in [0, 0.05) is 24.0 Å². The topological polar surface area (TPSA) is 63.2 Å². The van der Waals surface area contributed by atoms with Gasteiger partial charge in [-0.2, -0.15) is 0 Å². The number of rotatable bonds is 7. The van der Waals surface area contributed by atoms with E-state index in [1.165, 1.54) is 0 Å². The first kappa shape index (κ1) is 19.9. The molecule has 0 spiro atoms. The second-order valence-electron chi connectivity index (χ2n) is 7.73. The van der Waals surface area contributed by atoms with E-state index < -0.39 is 5.60 Å². The molecule has 2 N–H and O–H groups in total. The zero-order chi connectivity index (χ0) is 17.7. The van der Waals surface area contributed by atoms with Crippen molar-refractivity contribution in [3.8, 4) is 0 Å². The number of carbonyl (C=O) groups excluding carboxylic acids is 1. The molecule has 132 valence electrons. The molecular formula is C17H31N3O2S. The number of nitrogens with zero attached hydrogens (tertiary/aromatic N) is 1. The van der Waals surface area contributed by atoms with Crippen molar-refractivity contribution >= 4 is 17.4 Å². The molecule has 1 aromatic rings. The van der Waals surface area contributed by atoms with Crippen LogP contribution in [0.4, 0.5) is 4.79 Å². The molecule has 1 atom stereocenters. The number of alkyl carbamates (subject to hydrolysis) is 1. The van der Waals surface area contributed by atoms with Crippen LogP contribution in [-0.2, 0) is 11.3 Å². The average molecular weight is 342 g/mol. The highest BCUT2D eigenvalue weighted by molar-refractivity contribution is 7.09. The van der Waals surface area contributed by atoms with Crippen LogP contribution in [0.3, 0.4) is 0 Å². The summed E-state index contributed by atoms with van der Waals surface area (Å²) >= 11 is 1.65. The summed E-state index contributed by atoms with van der Waals surface area (Å²) in [6, 6.07) is 0. The number of hydrogen-bond donors (Lipinski definition) is 2. The smallest absolute Gasteiger partial charge is 0.407 e. The van der Waals surface area contributed by atoms with Crippen LogP contribution in [0.5, 0.6) is 0 Å². The lowest BCUT2D eigenvalue weighted by molar-refractivity contribution is 0.0507. The highest BCUT2D eigenvalue weighted by atomic mass is 32.1. The molecule has 0 saturated heterocycles. The Morgan fingerprint density at radius 2 is 2.00 bits per heavy atom. The van der Waals surface area contributed by atoms with Crippen LogP contribution in [0.25, 0.3) is 0 Å². The van der Waals surface area contributed by atoms with Crippen molar-refractivity contribution in [2.45, 2.75) is 72.6 Å². The van der Waals surface area contributed by atoms with Crippen LogP contribution in [0.1, 0.15) is 58.7 Å². The van der Waals surface area contributed by atoms with E-state index in [1.54, 1.807) is 11.3 Å². The van der Waals surface area contributed by atoms with Crippen LogP contribution in [-0.4, -0.2) is 28.8 Å². The lowest BCUT2D eigenvalue weighted by Crippen LogP contribution is -2.52. The minimum absolute atomic E-state index is 0.206. The molecule has 23 heavy (non-hydrogen) atoms. The normalized spacial score (nSPS) is 14.6. The van der Waals surface area contributed by atoms with Crippen molar-refractivity contribution in [3.63, 3.8) is 0 Å². The molecule has 0 saturated carbocycles. The summed E-state index contributed by atoms with van der Waals surface area (Å²) in [5.41, 5.74) is 0.354. The summed E-state index contributed by atoms with van der Waals surface area (Å²) in [4.78, 5) is 16.4. The van der Waals surface area contributed by atoms with Crippen molar-refractivity contribution in [3.05, 3.63) is 16.1 Å². The van der Waals surface area contributed by atoms with Crippen LogP contribution < -0.4 is 10.6 Å². The van der Waals surface area contributed by atoms with Gasteiger partial charge < -0.3 is 15.4 Å². The fourth-order valence-electron chi connectivity index (χ4n) is 2.48. The second-order valence-corrected chi connectivity index (χ2v) is 8.79. The first-order chi connectivity index (χ1) is 10.5. The minimum atomic E-state index is -0.482. The Morgan fingerprint density at radius 1 is 1.35 bits per heavy atom. The number of thiazole rings is 1. The number of aryl methyl sites for hydroxylation is 1. The average Bonchev–Trinajstić information content (AvgIpc) is 2.77. The predicted octanol–water partition coefficient (Wildman–Crippen LogP) is 3.87. The molecule has 0 aliphatic heterocycles. The van der Waals surface area contributed by atoms with Gasteiger partial charge in [0.05, 0.1) is 10.7 Å². The molecule has 0 bridgehead atoms. The van der Waals surface area contributed by atoms with E-state index in [4.69, 9.17) is 4.74 Å². The Labute approximate surface area is 144 Å². The minimum Gasteiger partial charge on any atom is -0.444 e. The highest BCUT2D eigenvalue weighted by Gasteiger charge is 2.27. The number of ether oxygens (including phenoxy) is 1. The molecule has 0 fully saturated rings. The van der Waals surface area contributed by atoms with Gasteiger partial charge in [0.15, 0.2) is 0 Å². The SMILES string of the molecule is Cc1nc(CNC(C)(CNC(=O)OC(C)(C)C)CC(C)C)cs1. The predicted molar refractivity (Wildman–Crippen MR) is 95.8 cm³/mol. The van der Waals surface area contributed by atoms with E-state index in [9.17, 15) is 4.79 Å². The van der Waals surface area contributed by atoms with Crippen LogP contribution in [0.15, 0.2) is 5.38 Å². The Morgan fingerprint density at radius 3 is 2.48 bits per heavy atom. The van der Waals surface area contributed by atoms with E-state index in [2.05, 4.69) is 41.8 Å². The summed E-state index contributed by atoms with van der Waals surface area (Å²) < 4.78 is 5.32. The third-order valence-electron chi connectivity index (χ3n) is 3.24. The van der Waals surface area contributed by atoms with Gasteiger partial charge in [-0.25, -0.2) is 9.78 Å². The first-order valence-electron chi connectivity index (χ1n) is 8.12. The van der Waals surface area contributed by atoms with Crippen molar-refractivity contribution < 1.29 is 9.53 Å². The summed E-state index contributed by atoms with van der Waals surface area (Å²) in [5, 5.41) is 9.57. The Kier molecular flexibility index (Phi) is 7.02. The lowest BCUT2D eigenvalue weighted by Gasteiger charge is -2.33. The van der Waals surface area contributed by atoms with E-state index in [0.717, 1.165) is 17.1 Å². The first-order valence-corrected chi connectivity index (χ1v) is 9.00. The molecule has 1 unspecified atom stereocenters. The molecule has 0 aliphatic carbocycles. The molecule has 0 radical (unpaired) electrons. The van der Waals surface area contributed by atoms with Crippen molar-refractivity contribution in [1.82, 2.24) is 15.6 Å². The summed E-state index contributed by atoms with van der Waals surface area (Å²) in [7, 11) is 0. The molecule has 6 heteroatoms. The van der Waals surface area contributed by atoms with Gasteiger partial charge in [-0.1, -0.05) is 13.8 Å². The van der Waals surface area contributed by atoms with Gasteiger partial charge in [0.1, 0.15) is 5.60 Å². The van der Waals surface area contributed by atoms with Gasteiger partial charge in [0.25, 0.3) is 0 Å². The standard InChI is InChI=1S/C17H31N3O2S/c1-12(2)8-17(7,11-18-15(21)22-16(4,5)6)19-9-14-10-23-13(3)20-14/h10,12,19H,8-9,11H2,1-7H3,(H,18,21). The Bertz CT molecular complexity index is 508. The number of carbonyl (C=O) groups is 1. The molecule has 1 amide bonds. The largest absolute Gasteiger partial charge is 0.444 e. The number of nitrogens with one attached hydrogen (secondary N) is 2. The third-order valence-corrected chi connectivity index (χ3v) is 4.07. The molecule has 1 rings (SSSR count). The van der Waals surface area contributed by atoms with Crippen LogP contribution >= 0.6 is 11.3 Å². The van der Waals surface area contributed by atoms with Gasteiger partial charge in [-0.05, 0) is 47.0 Å². The van der Waals surface area contributed by atoms with Crippen molar-refractivity contribution in [2.24, 2.45) is 5.92 Å². The van der Waals surface area contributed by atoms with Gasteiger partial charge in [0.2, 0.25) is 0 Å². The molecule has 5 nitrogen and oxygen atoms in total. The summed E-state index contributed by atoms with van der Waals surface area (Å²) in [6.45, 7) is 15.3. The van der Waals surface area contributed by atoms with E-state index in [-0.39, 0.29) is 11.6 Å². The highest BCUT2D eigenvalue weighted by Crippen LogP contribution is 2.18. The van der Waals surface area contributed by atoms with Gasteiger partial charge in [-0.3, -0.25) is 0 Å². The monoisotopic (exact) mass is 341 g/mol. The maximum atomic E-state index is 11.9. The van der Waals surface area contributed by atoms with Gasteiger partial charge >= 0.3 is 6.09 Å². The van der Waals surface area contributed by atoms with Crippen molar-refractivity contribution in [2.75, 3.05) is 6.54 Å². The maximum Gasteiger partial charge on any atom is 0.407 e. The molecule has 1 heterocycles. The zero-order valence-corrected chi connectivity index (χ0v) is 16.3. The van der Waals surface area contributed by atoms with Gasteiger partial charge in [-0.15, -0.1) is 11.3 Å². The molecule has 0 aliphatic rings. The number of hydrogen-bond acceptors (Lipinski definition) is 5. The van der Waals surface area contributed by atoms with E-state index >= 15 is 0 Å². The Balaban J connectivity index is 2.60. The number of amides is 1.